The van der Waals surface area contributed by atoms with Gasteiger partial charge in [-0.1, -0.05) is 0 Å². The van der Waals surface area contributed by atoms with E-state index in [4.69, 9.17) is 4.74 Å². The first-order valence-electron chi connectivity index (χ1n) is 5.72. The number of carbonyl (C=O) groups excluding carboxylic acids is 1. The molecule has 5 nitrogen and oxygen atoms in total. The van der Waals surface area contributed by atoms with Gasteiger partial charge in [0.1, 0.15) is 5.71 Å². The van der Waals surface area contributed by atoms with Crippen LogP contribution in [0.3, 0.4) is 0 Å². The number of carbonyl (C=O) groups is 1. The summed E-state index contributed by atoms with van der Waals surface area (Å²) < 4.78 is 5.57. The number of esters is 1. The molecule has 0 amide bonds. The minimum Gasteiger partial charge on any atom is -0.792 e. The average Bonchev–Trinajstić information content (AvgIpc) is 2.30. The number of hydrogen-bond donors (Lipinski definition) is 0. The van der Waals surface area contributed by atoms with E-state index in [1.54, 1.807) is 6.92 Å². The van der Waals surface area contributed by atoms with Crippen LogP contribution < -0.4 is 0 Å². The molecule has 0 aliphatic rings. The zero-order valence-electron chi connectivity index (χ0n) is 11.1. The van der Waals surface area contributed by atoms with E-state index in [0.717, 1.165) is 24.1 Å². The highest BCUT2D eigenvalue weighted by molar-refractivity contribution is 14.0. The van der Waals surface area contributed by atoms with Crippen LogP contribution in [0.4, 0.5) is 0 Å². The van der Waals surface area contributed by atoms with Gasteiger partial charge in [-0.25, -0.2) is 4.79 Å². The number of rotatable bonds is 7. The van der Waals surface area contributed by atoms with E-state index in [0.29, 0.717) is 6.42 Å². The van der Waals surface area contributed by atoms with E-state index in [1.807, 2.05) is 0 Å². The van der Waals surface area contributed by atoms with Crippen molar-refractivity contribution in [2.45, 2.75) is 27.2 Å². The van der Waals surface area contributed by atoms with Crippen molar-refractivity contribution >= 4 is 35.7 Å². The third kappa shape index (κ3) is 6.82. The molecule has 102 valence electrons. The minimum atomic E-state index is -0.587. The maximum absolute atomic E-state index is 11.3. The molecule has 0 bridgehead atoms. The molecule has 0 aliphatic heterocycles. The van der Waals surface area contributed by atoms with Crippen molar-refractivity contribution in [3.05, 3.63) is 5.21 Å². The molecule has 0 saturated carbocycles. The summed E-state index contributed by atoms with van der Waals surface area (Å²) in [5, 5.41) is 13.3. The van der Waals surface area contributed by atoms with Crippen molar-refractivity contribution in [1.82, 2.24) is 0 Å². The summed E-state index contributed by atoms with van der Waals surface area (Å²) >= 11 is 0. The third-order valence-electron chi connectivity index (χ3n) is 3.04. The van der Waals surface area contributed by atoms with Gasteiger partial charge in [-0.2, -0.15) is 0 Å². The molecule has 0 aromatic carbocycles. The van der Waals surface area contributed by atoms with Crippen molar-refractivity contribution in [1.29, 1.82) is 0 Å². The fourth-order valence-electron chi connectivity index (χ4n) is 1.32. The molecule has 0 radical (unpaired) electrons. The second-order valence-electron chi connectivity index (χ2n) is 3.98. The molecule has 6 heteroatoms. The lowest BCUT2D eigenvalue weighted by atomic mass is 10.2. The van der Waals surface area contributed by atoms with Gasteiger partial charge >= 0.3 is 5.97 Å². The largest absolute Gasteiger partial charge is 0.792 e. The van der Waals surface area contributed by atoms with E-state index in [2.05, 4.69) is 26.1 Å². The van der Waals surface area contributed by atoms with Gasteiger partial charge in [0.15, 0.2) is 0 Å². The van der Waals surface area contributed by atoms with Crippen LogP contribution >= 0.6 is 24.0 Å². The Bertz CT molecular complexity index is 253. The summed E-state index contributed by atoms with van der Waals surface area (Å²) in [6, 6.07) is 0. The maximum Gasteiger partial charge on any atom is 0.352 e. The van der Waals surface area contributed by atoms with Crippen molar-refractivity contribution in [2.24, 2.45) is 5.16 Å². The van der Waals surface area contributed by atoms with E-state index in [9.17, 15) is 10.0 Å². The van der Waals surface area contributed by atoms with Crippen molar-refractivity contribution in [3.63, 3.8) is 0 Å². The molecule has 0 fully saturated rings. The number of nitrogens with zero attached hydrogens (tertiary/aromatic N) is 2. The first kappa shape index (κ1) is 19.0. The van der Waals surface area contributed by atoms with Crippen LogP contribution in [0.5, 0.6) is 0 Å². The van der Waals surface area contributed by atoms with Crippen LogP contribution in [0.15, 0.2) is 5.16 Å². The lowest BCUT2D eigenvalue weighted by Gasteiger charge is -2.32. The Morgan fingerprint density at radius 2 is 1.82 bits per heavy atom. The van der Waals surface area contributed by atoms with E-state index in [1.165, 1.54) is 0 Å². The van der Waals surface area contributed by atoms with Crippen molar-refractivity contribution in [2.75, 3.05) is 33.3 Å². The fraction of sp³-hybridized carbons (Fsp3) is 0.818. The van der Waals surface area contributed by atoms with Gasteiger partial charge in [0, 0.05) is 6.42 Å². The standard InChI is InChI=1S/C11H22N2O3.HI/c1-5-13(4,6-2)9-8-10(12-15)11(14)16-7-3;/h5-9H2,1-4H3;1H. The first-order valence-corrected chi connectivity index (χ1v) is 5.72. The van der Waals surface area contributed by atoms with Crippen LogP contribution in [-0.4, -0.2) is 49.5 Å². The Labute approximate surface area is 120 Å². The summed E-state index contributed by atoms with van der Waals surface area (Å²) in [5.41, 5.74) is -0.00639. The van der Waals surface area contributed by atoms with Crippen LogP contribution in [0.25, 0.3) is 0 Å². The van der Waals surface area contributed by atoms with Crippen LogP contribution in [0, 0.1) is 5.21 Å². The smallest absolute Gasteiger partial charge is 0.352 e. The Kier molecular flexibility index (Phi) is 10.8. The topological polar surface area (TPSA) is 61.7 Å². The predicted molar refractivity (Wildman–Crippen MR) is 79.6 cm³/mol. The Morgan fingerprint density at radius 3 is 2.18 bits per heavy atom. The van der Waals surface area contributed by atoms with Gasteiger partial charge in [0.25, 0.3) is 0 Å². The summed E-state index contributed by atoms with van der Waals surface area (Å²) in [5.74, 6) is -0.587. The van der Waals surface area contributed by atoms with E-state index < -0.39 is 5.97 Å². The van der Waals surface area contributed by atoms with Crippen molar-refractivity contribution < 1.29 is 14.0 Å². The monoisotopic (exact) mass is 358 g/mol. The Balaban J connectivity index is 0. The zero-order valence-corrected chi connectivity index (χ0v) is 13.4. The molecule has 0 unspecified atom stereocenters. The van der Waals surface area contributed by atoms with Gasteiger partial charge in [-0.15, -0.1) is 24.0 Å². The number of hydrogen-bond acceptors (Lipinski definition) is 4. The number of ether oxygens (including phenoxy) is 1. The van der Waals surface area contributed by atoms with Crippen LogP contribution in [0.1, 0.15) is 27.2 Å². The highest BCUT2D eigenvalue weighted by Crippen LogP contribution is 2.04. The van der Waals surface area contributed by atoms with Crippen molar-refractivity contribution in [3.8, 4) is 0 Å². The summed E-state index contributed by atoms with van der Waals surface area (Å²) in [4.78, 5) is 11.3. The average molecular weight is 358 g/mol. The highest BCUT2D eigenvalue weighted by Gasteiger charge is 2.20. The van der Waals surface area contributed by atoms with Gasteiger partial charge in [0.05, 0.1) is 33.3 Å². The van der Waals surface area contributed by atoms with Gasteiger partial charge in [-0.05, 0) is 20.8 Å². The maximum atomic E-state index is 11.3. The fourth-order valence-corrected chi connectivity index (χ4v) is 1.32. The predicted octanol–water partition coefficient (Wildman–Crippen LogP) is 1.98. The van der Waals surface area contributed by atoms with Crippen LogP contribution in [0.2, 0.25) is 0 Å². The van der Waals surface area contributed by atoms with Gasteiger partial charge in [0.2, 0.25) is 0 Å². The van der Waals surface area contributed by atoms with E-state index >= 15 is 0 Å². The molecule has 0 aliphatic carbocycles. The summed E-state index contributed by atoms with van der Waals surface area (Å²) in [6.45, 7) is 8.80. The normalized spacial score (nSPS) is 11.9. The molecule has 0 aromatic heterocycles. The second-order valence-corrected chi connectivity index (χ2v) is 3.98. The molecular formula is C11H23IN2O3. The second kappa shape index (κ2) is 9.64. The summed E-state index contributed by atoms with van der Waals surface area (Å²) in [6.07, 6.45) is 0.376. The quantitative estimate of drug-likeness (QED) is 0.230. The first-order chi connectivity index (χ1) is 7.52. The third-order valence-corrected chi connectivity index (χ3v) is 3.04. The zero-order chi connectivity index (χ0) is 12.6. The molecule has 0 saturated heterocycles. The number of halogens is 1. The molecule has 0 heterocycles. The summed E-state index contributed by atoms with van der Waals surface area (Å²) in [7, 11) is 2.09. The Morgan fingerprint density at radius 1 is 1.29 bits per heavy atom. The van der Waals surface area contributed by atoms with Gasteiger partial charge in [-0.3, -0.25) is 0 Å². The molecule has 0 spiro atoms. The van der Waals surface area contributed by atoms with Gasteiger partial charge < -0.3 is 19.6 Å². The molecule has 0 N–H and O–H groups in total. The van der Waals surface area contributed by atoms with Crippen LogP contribution in [-0.2, 0) is 9.53 Å². The molecule has 17 heavy (non-hydrogen) atoms. The molecule has 0 rings (SSSR count). The molecule has 0 aromatic rings. The minimum absolute atomic E-state index is 0. The number of quaternary nitrogens is 1. The lowest BCUT2D eigenvalue weighted by Crippen LogP contribution is -2.45. The molecular weight excluding hydrogens is 335 g/mol. The molecule has 0 atom stereocenters. The lowest BCUT2D eigenvalue weighted by molar-refractivity contribution is -0.905. The SMILES string of the molecule is CCOC(=O)/C(CC[N+](C)(CC)CC)=N\[O-].I. The highest BCUT2D eigenvalue weighted by atomic mass is 127. The van der Waals surface area contributed by atoms with E-state index in [-0.39, 0.29) is 36.3 Å². The Hall–Kier alpha value is -0.370.